The Hall–Kier alpha value is -1.40. The van der Waals surface area contributed by atoms with Crippen LogP contribution in [0.2, 0.25) is 0 Å². The highest BCUT2D eigenvalue weighted by Crippen LogP contribution is 2.30. The van der Waals surface area contributed by atoms with Crippen molar-refractivity contribution in [1.82, 2.24) is 4.31 Å². The van der Waals surface area contributed by atoms with Crippen molar-refractivity contribution >= 4 is 21.6 Å². The van der Waals surface area contributed by atoms with Gasteiger partial charge in [-0.2, -0.15) is 4.31 Å². The van der Waals surface area contributed by atoms with Crippen LogP contribution in [0.25, 0.3) is 0 Å². The van der Waals surface area contributed by atoms with Crippen molar-refractivity contribution in [1.29, 1.82) is 0 Å². The number of carbonyl (C=O) groups excluding carboxylic acids is 1. The molecule has 0 aromatic heterocycles. The molecule has 20 heavy (non-hydrogen) atoms. The van der Waals surface area contributed by atoms with Crippen LogP contribution >= 0.6 is 0 Å². The monoisotopic (exact) mass is 294 g/mol. The first kappa shape index (κ1) is 13.6. The summed E-state index contributed by atoms with van der Waals surface area (Å²) in [6, 6.07) is 6.44. The normalized spacial score (nSPS) is 20.0. The molecule has 1 saturated heterocycles. The average molecular weight is 294 g/mol. The molecule has 1 amide bonds. The molecule has 108 valence electrons. The van der Waals surface area contributed by atoms with Crippen LogP contribution in [-0.2, 0) is 14.8 Å². The number of sulfonamides is 1. The molecular weight excluding hydrogens is 276 g/mol. The summed E-state index contributed by atoms with van der Waals surface area (Å²) in [5, 5.41) is 2.80. The van der Waals surface area contributed by atoms with Crippen molar-refractivity contribution < 1.29 is 13.2 Å². The lowest BCUT2D eigenvalue weighted by molar-refractivity contribution is -0.117. The van der Waals surface area contributed by atoms with Crippen LogP contribution in [0.3, 0.4) is 0 Å². The van der Waals surface area contributed by atoms with Crippen LogP contribution in [0.5, 0.6) is 0 Å². The van der Waals surface area contributed by atoms with E-state index in [1.54, 1.807) is 24.3 Å². The molecule has 1 aromatic carbocycles. The third-order valence-corrected chi connectivity index (χ3v) is 5.69. The average Bonchev–Trinajstić information content (AvgIpc) is 3.14. The number of anilines is 1. The Morgan fingerprint density at radius 2 is 1.70 bits per heavy atom. The second-order valence-electron chi connectivity index (χ2n) is 5.40. The van der Waals surface area contributed by atoms with E-state index in [1.165, 1.54) is 4.31 Å². The molecule has 0 unspecified atom stereocenters. The predicted octanol–water partition coefficient (Wildman–Crippen LogP) is 1.82. The van der Waals surface area contributed by atoms with Crippen LogP contribution in [-0.4, -0.2) is 31.7 Å². The molecule has 1 heterocycles. The Morgan fingerprint density at radius 1 is 1.10 bits per heavy atom. The van der Waals surface area contributed by atoms with Gasteiger partial charge in [0.2, 0.25) is 15.9 Å². The summed E-state index contributed by atoms with van der Waals surface area (Å²) in [7, 11) is -3.37. The molecule has 1 aliphatic carbocycles. The van der Waals surface area contributed by atoms with Crippen molar-refractivity contribution in [3.05, 3.63) is 24.3 Å². The molecule has 2 aliphatic rings. The van der Waals surface area contributed by atoms with E-state index in [1.807, 2.05) is 0 Å². The predicted molar refractivity (Wildman–Crippen MR) is 75.8 cm³/mol. The van der Waals surface area contributed by atoms with Crippen LogP contribution in [0, 0.1) is 5.92 Å². The topological polar surface area (TPSA) is 66.5 Å². The van der Waals surface area contributed by atoms with Gasteiger partial charge >= 0.3 is 0 Å². The first-order valence-electron chi connectivity index (χ1n) is 6.98. The summed E-state index contributed by atoms with van der Waals surface area (Å²) < 4.78 is 26.2. The Labute approximate surface area is 119 Å². The zero-order valence-corrected chi connectivity index (χ0v) is 12.0. The van der Waals surface area contributed by atoms with Gasteiger partial charge in [-0.25, -0.2) is 8.42 Å². The Kier molecular flexibility index (Phi) is 3.52. The molecule has 1 aliphatic heterocycles. The number of rotatable bonds is 4. The molecule has 0 atom stereocenters. The Balaban J connectivity index is 1.73. The number of nitrogens with zero attached hydrogens (tertiary/aromatic N) is 1. The van der Waals surface area contributed by atoms with Crippen molar-refractivity contribution in [2.75, 3.05) is 18.4 Å². The van der Waals surface area contributed by atoms with Gasteiger partial charge in [-0.3, -0.25) is 4.79 Å². The molecular formula is C14H18N2O3S. The molecule has 0 spiro atoms. The van der Waals surface area contributed by atoms with Crippen molar-refractivity contribution in [3.63, 3.8) is 0 Å². The number of hydrogen-bond acceptors (Lipinski definition) is 3. The number of carbonyl (C=O) groups is 1. The highest BCUT2D eigenvalue weighted by Gasteiger charge is 2.30. The highest BCUT2D eigenvalue weighted by molar-refractivity contribution is 7.89. The zero-order chi connectivity index (χ0) is 14.2. The van der Waals surface area contributed by atoms with Gasteiger partial charge in [0, 0.05) is 24.7 Å². The Morgan fingerprint density at radius 3 is 2.25 bits per heavy atom. The van der Waals surface area contributed by atoms with Crippen molar-refractivity contribution in [2.45, 2.75) is 30.6 Å². The van der Waals surface area contributed by atoms with Gasteiger partial charge in [0.25, 0.3) is 0 Å². The van der Waals surface area contributed by atoms with Gasteiger partial charge in [0.05, 0.1) is 4.90 Å². The maximum Gasteiger partial charge on any atom is 0.243 e. The van der Waals surface area contributed by atoms with Gasteiger partial charge in [0.15, 0.2) is 0 Å². The molecule has 0 bridgehead atoms. The van der Waals surface area contributed by atoms with Gasteiger partial charge in [-0.15, -0.1) is 0 Å². The van der Waals surface area contributed by atoms with E-state index in [-0.39, 0.29) is 11.8 Å². The quantitative estimate of drug-likeness (QED) is 0.921. The van der Waals surface area contributed by atoms with E-state index in [0.717, 1.165) is 25.7 Å². The van der Waals surface area contributed by atoms with Crippen LogP contribution < -0.4 is 5.32 Å². The lowest BCUT2D eigenvalue weighted by Crippen LogP contribution is -2.27. The lowest BCUT2D eigenvalue weighted by atomic mass is 10.3. The third-order valence-electron chi connectivity index (χ3n) is 3.77. The van der Waals surface area contributed by atoms with Gasteiger partial charge in [-0.1, -0.05) is 0 Å². The number of hydrogen-bond donors (Lipinski definition) is 1. The van der Waals surface area contributed by atoms with E-state index in [2.05, 4.69) is 5.32 Å². The molecule has 6 heteroatoms. The molecule has 1 aromatic rings. The van der Waals surface area contributed by atoms with Gasteiger partial charge < -0.3 is 5.32 Å². The molecule has 2 fully saturated rings. The summed E-state index contributed by atoms with van der Waals surface area (Å²) in [5.74, 6) is 0.170. The number of amides is 1. The highest BCUT2D eigenvalue weighted by atomic mass is 32.2. The maximum absolute atomic E-state index is 12.3. The molecule has 3 rings (SSSR count). The minimum Gasteiger partial charge on any atom is -0.326 e. The van der Waals surface area contributed by atoms with Crippen molar-refractivity contribution in [2.24, 2.45) is 5.92 Å². The molecule has 5 nitrogen and oxygen atoms in total. The van der Waals surface area contributed by atoms with Crippen LogP contribution in [0.4, 0.5) is 5.69 Å². The second-order valence-corrected chi connectivity index (χ2v) is 7.34. The third kappa shape index (κ3) is 2.71. The maximum atomic E-state index is 12.3. The largest absolute Gasteiger partial charge is 0.326 e. The Bertz CT molecular complexity index is 600. The van der Waals surface area contributed by atoms with E-state index in [9.17, 15) is 13.2 Å². The minimum atomic E-state index is -3.37. The fourth-order valence-corrected chi connectivity index (χ4v) is 3.89. The van der Waals surface area contributed by atoms with Gasteiger partial charge in [0.1, 0.15) is 0 Å². The summed E-state index contributed by atoms with van der Waals surface area (Å²) in [6.45, 7) is 1.20. The van der Waals surface area contributed by atoms with E-state index in [0.29, 0.717) is 23.7 Å². The first-order valence-corrected chi connectivity index (χ1v) is 8.42. The lowest BCUT2D eigenvalue weighted by Gasteiger charge is -2.15. The van der Waals surface area contributed by atoms with Gasteiger partial charge in [-0.05, 0) is 49.9 Å². The summed E-state index contributed by atoms with van der Waals surface area (Å²) in [5.41, 5.74) is 0.655. The molecule has 1 N–H and O–H groups in total. The second kappa shape index (κ2) is 5.18. The van der Waals surface area contributed by atoms with E-state index >= 15 is 0 Å². The minimum absolute atomic E-state index is 0.0279. The van der Waals surface area contributed by atoms with Crippen LogP contribution in [0.1, 0.15) is 25.7 Å². The van der Waals surface area contributed by atoms with Crippen molar-refractivity contribution in [3.8, 4) is 0 Å². The fourth-order valence-electron chi connectivity index (χ4n) is 2.38. The fraction of sp³-hybridized carbons (Fsp3) is 0.500. The number of benzene rings is 1. The first-order chi connectivity index (χ1) is 9.57. The summed E-state index contributed by atoms with van der Waals surface area (Å²) in [6.07, 6.45) is 3.75. The zero-order valence-electron chi connectivity index (χ0n) is 11.2. The van der Waals surface area contributed by atoms with Crippen LogP contribution in [0.15, 0.2) is 29.2 Å². The molecule has 0 radical (unpaired) electrons. The smallest absolute Gasteiger partial charge is 0.243 e. The number of nitrogens with one attached hydrogen (secondary N) is 1. The summed E-state index contributed by atoms with van der Waals surface area (Å²) in [4.78, 5) is 11.9. The standard InChI is InChI=1S/C14H18N2O3S/c17-14(11-3-4-11)15-12-5-7-13(8-6-12)20(18,19)16-9-1-2-10-16/h5-8,11H,1-4,9-10H2,(H,15,17). The SMILES string of the molecule is O=C(Nc1ccc(S(=O)(=O)N2CCCC2)cc1)C1CC1. The summed E-state index contributed by atoms with van der Waals surface area (Å²) >= 11 is 0. The van der Waals surface area contributed by atoms with E-state index in [4.69, 9.17) is 0 Å². The van der Waals surface area contributed by atoms with E-state index < -0.39 is 10.0 Å². The molecule has 1 saturated carbocycles.